The first kappa shape index (κ1) is 19.7. The summed E-state index contributed by atoms with van der Waals surface area (Å²) >= 11 is 6.68. The van der Waals surface area contributed by atoms with Gasteiger partial charge < -0.3 is 10.1 Å². The SMILES string of the molecule is C=CCNC(=S)NNC(=C)c1ccc(OC)c(CSc2ncccn2)c1. The minimum atomic E-state index is 0.469. The van der Waals surface area contributed by atoms with Crippen molar-refractivity contribution in [3.8, 4) is 5.75 Å². The van der Waals surface area contributed by atoms with Gasteiger partial charge in [0.25, 0.3) is 0 Å². The van der Waals surface area contributed by atoms with E-state index >= 15 is 0 Å². The van der Waals surface area contributed by atoms with E-state index in [2.05, 4.69) is 39.3 Å². The molecule has 6 nitrogen and oxygen atoms in total. The summed E-state index contributed by atoms with van der Waals surface area (Å²) in [6.07, 6.45) is 5.18. The van der Waals surface area contributed by atoms with Crippen LogP contribution in [0.25, 0.3) is 5.70 Å². The second-order valence-electron chi connectivity index (χ2n) is 5.07. The van der Waals surface area contributed by atoms with Gasteiger partial charge in [-0.1, -0.05) is 24.4 Å². The van der Waals surface area contributed by atoms with Crippen LogP contribution in [0.15, 0.2) is 61.0 Å². The van der Waals surface area contributed by atoms with Crippen LogP contribution < -0.4 is 20.9 Å². The predicted octanol–water partition coefficient (Wildman–Crippen LogP) is 2.90. The molecule has 0 amide bonds. The van der Waals surface area contributed by atoms with Crippen LogP contribution in [0.2, 0.25) is 0 Å². The lowest BCUT2D eigenvalue weighted by Gasteiger charge is -2.15. The number of thioether (sulfide) groups is 1. The molecular formula is C18H21N5OS2. The van der Waals surface area contributed by atoms with Crippen LogP contribution in [0.1, 0.15) is 11.1 Å². The van der Waals surface area contributed by atoms with Crippen molar-refractivity contribution in [3.05, 3.63) is 67.0 Å². The van der Waals surface area contributed by atoms with E-state index in [1.54, 1.807) is 43.4 Å². The van der Waals surface area contributed by atoms with Crippen LogP contribution in [0.4, 0.5) is 0 Å². The maximum absolute atomic E-state index is 5.45. The number of hydrogen-bond acceptors (Lipinski definition) is 6. The van der Waals surface area contributed by atoms with E-state index < -0.39 is 0 Å². The van der Waals surface area contributed by atoms with Gasteiger partial charge >= 0.3 is 0 Å². The lowest BCUT2D eigenvalue weighted by Crippen LogP contribution is -2.42. The molecule has 0 aliphatic rings. The smallest absolute Gasteiger partial charge is 0.187 e. The highest BCUT2D eigenvalue weighted by molar-refractivity contribution is 7.98. The first-order chi connectivity index (χ1) is 12.6. The molecule has 0 unspecified atom stereocenters. The summed E-state index contributed by atoms with van der Waals surface area (Å²) in [4.78, 5) is 8.45. The van der Waals surface area contributed by atoms with Gasteiger partial charge in [0, 0.05) is 30.3 Å². The van der Waals surface area contributed by atoms with Crippen molar-refractivity contribution in [3.63, 3.8) is 0 Å². The highest BCUT2D eigenvalue weighted by Gasteiger charge is 2.08. The third-order valence-electron chi connectivity index (χ3n) is 3.26. The van der Waals surface area contributed by atoms with Crippen LogP contribution in [-0.4, -0.2) is 28.7 Å². The molecule has 136 valence electrons. The molecule has 0 saturated carbocycles. The van der Waals surface area contributed by atoms with Gasteiger partial charge in [0.1, 0.15) is 5.75 Å². The van der Waals surface area contributed by atoms with Crippen molar-refractivity contribution < 1.29 is 4.74 Å². The number of nitrogens with zero attached hydrogens (tertiary/aromatic N) is 2. The molecule has 0 radical (unpaired) electrons. The molecule has 0 spiro atoms. The monoisotopic (exact) mass is 387 g/mol. The maximum Gasteiger partial charge on any atom is 0.187 e. The molecule has 1 aromatic carbocycles. The summed E-state index contributed by atoms with van der Waals surface area (Å²) in [5.41, 5.74) is 8.52. The largest absolute Gasteiger partial charge is 0.496 e. The maximum atomic E-state index is 5.45. The fraction of sp³-hybridized carbons (Fsp3) is 0.167. The lowest BCUT2D eigenvalue weighted by molar-refractivity contribution is 0.411. The Labute approximate surface area is 163 Å². The minimum absolute atomic E-state index is 0.469. The quantitative estimate of drug-likeness (QED) is 0.199. The molecule has 2 rings (SSSR count). The fourth-order valence-electron chi connectivity index (χ4n) is 1.99. The number of aromatic nitrogens is 2. The zero-order valence-corrected chi connectivity index (χ0v) is 16.1. The summed E-state index contributed by atoms with van der Waals surface area (Å²) in [6.45, 7) is 8.26. The summed E-state index contributed by atoms with van der Waals surface area (Å²) in [6, 6.07) is 7.66. The van der Waals surface area contributed by atoms with Crippen molar-refractivity contribution in [2.45, 2.75) is 10.9 Å². The molecule has 3 N–H and O–H groups in total. The number of nitrogens with one attached hydrogen (secondary N) is 3. The molecular weight excluding hydrogens is 366 g/mol. The highest BCUT2D eigenvalue weighted by Crippen LogP contribution is 2.28. The van der Waals surface area contributed by atoms with Gasteiger partial charge in [-0.3, -0.25) is 10.9 Å². The fourth-order valence-corrected chi connectivity index (χ4v) is 2.91. The van der Waals surface area contributed by atoms with Crippen molar-refractivity contribution in [2.75, 3.05) is 13.7 Å². The van der Waals surface area contributed by atoms with E-state index in [4.69, 9.17) is 17.0 Å². The van der Waals surface area contributed by atoms with E-state index in [0.717, 1.165) is 22.0 Å². The molecule has 8 heteroatoms. The summed E-state index contributed by atoms with van der Waals surface area (Å²) in [7, 11) is 1.65. The Morgan fingerprint density at radius 1 is 1.31 bits per heavy atom. The van der Waals surface area contributed by atoms with Gasteiger partial charge in [0.05, 0.1) is 12.8 Å². The summed E-state index contributed by atoms with van der Waals surface area (Å²) in [5, 5.41) is 4.16. The number of hydrogen-bond donors (Lipinski definition) is 3. The Morgan fingerprint density at radius 3 is 2.77 bits per heavy atom. The Kier molecular flexibility index (Phi) is 7.91. The molecule has 0 fully saturated rings. The van der Waals surface area contributed by atoms with Crippen LogP contribution in [0, 0.1) is 0 Å². The first-order valence-electron chi connectivity index (χ1n) is 7.80. The van der Waals surface area contributed by atoms with Crippen LogP contribution >= 0.6 is 24.0 Å². The normalized spacial score (nSPS) is 9.88. The number of benzene rings is 1. The lowest BCUT2D eigenvalue weighted by atomic mass is 10.1. The molecule has 1 heterocycles. The van der Waals surface area contributed by atoms with E-state index in [1.165, 1.54) is 0 Å². The van der Waals surface area contributed by atoms with Crippen LogP contribution in [0.3, 0.4) is 0 Å². The van der Waals surface area contributed by atoms with Crippen molar-refractivity contribution in [1.82, 2.24) is 26.1 Å². The van der Waals surface area contributed by atoms with E-state index in [1.807, 2.05) is 18.2 Å². The van der Waals surface area contributed by atoms with Crippen molar-refractivity contribution in [2.24, 2.45) is 0 Å². The van der Waals surface area contributed by atoms with Crippen molar-refractivity contribution in [1.29, 1.82) is 0 Å². The molecule has 1 aromatic heterocycles. The Hall–Kier alpha value is -2.58. The third kappa shape index (κ3) is 6.05. The number of rotatable bonds is 9. The Bertz CT molecular complexity index is 767. The molecule has 0 aliphatic heterocycles. The summed E-state index contributed by atoms with van der Waals surface area (Å²) < 4.78 is 5.45. The molecule has 0 saturated heterocycles. The summed E-state index contributed by atoms with van der Waals surface area (Å²) in [5.74, 6) is 1.49. The van der Waals surface area contributed by atoms with Gasteiger partial charge in [-0.25, -0.2) is 9.97 Å². The molecule has 0 aliphatic carbocycles. The van der Waals surface area contributed by atoms with Gasteiger partial charge in [0.2, 0.25) is 0 Å². The van der Waals surface area contributed by atoms with Crippen LogP contribution in [-0.2, 0) is 5.75 Å². The van der Waals surface area contributed by atoms with Gasteiger partial charge in [-0.05, 0) is 42.0 Å². The number of hydrazine groups is 1. The molecule has 0 bridgehead atoms. The minimum Gasteiger partial charge on any atom is -0.496 e. The average molecular weight is 388 g/mol. The number of methoxy groups -OCH3 is 1. The number of ether oxygens (including phenoxy) is 1. The zero-order chi connectivity index (χ0) is 18.8. The third-order valence-corrected chi connectivity index (χ3v) is 4.43. The number of thiocarbonyl (C=S) groups is 1. The Balaban J connectivity index is 2.01. The Morgan fingerprint density at radius 2 is 2.08 bits per heavy atom. The van der Waals surface area contributed by atoms with E-state index in [-0.39, 0.29) is 0 Å². The average Bonchev–Trinajstić information content (AvgIpc) is 2.69. The molecule has 0 atom stereocenters. The van der Waals surface area contributed by atoms with E-state index in [9.17, 15) is 0 Å². The van der Waals surface area contributed by atoms with E-state index in [0.29, 0.717) is 23.1 Å². The second-order valence-corrected chi connectivity index (χ2v) is 6.42. The topological polar surface area (TPSA) is 71.1 Å². The van der Waals surface area contributed by atoms with Gasteiger partial charge in [0.15, 0.2) is 10.3 Å². The second kappa shape index (κ2) is 10.4. The standard InChI is InChI=1S/C18H21N5OS2/c1-4-8-19-17(25)23-22-13(2)14-6-7-16(24-3)15(11-14)12-26-18-20-9-5-10-21-18/h4-7,9-11,22H,1-2,8,12H2,3H3,(H2,19,23,25). The van der Waals surface area contributed by atoms with Crippen LogP contribution in [0.5, 0.6) is 5.75 Å². The van der Waals surface area contributed by atoms with Crippen molar-refractivity contribution >= 4 is 34.8 Å². The first-order valence-corrected chi connectivity index (χ1v) is 9.20. The zero-order valence-electron chi connectivity index (χ0n) is 14.5. The van der Waals surface area contributed by atoms with Gasteiger partial charge in [-0.15, -0.1) is 6.58 Å². The predicted molar refractivity (Wildman–Crippen MR) is 111 cm³/mol. The molecule has 26 heavy (non-hydrogen) atoms. The van der Waals surface area contributed by atoms with Gasteiger partial charge in [-0.2, -0.15) is 0 Å². The highest BCUT2D eigenvalue weighted by atomic mass is 32.2. The molecule has 2 aromatic rings.